The van der Waals surface area contributed by atoms with Crippen molar-refractivity contribution in [1.29, 1.82) is 0 Å². The van der Waals surface area contributed by atoms with Gasteiger partial charge in [0.1, 0.15) is 0 Å². The van der Waals surface area contributed by atoms with Crippen LogP contribution < -0.4 is 0 Å². The summed E-state index contributed by atoms with van der Waals surface area (Å²) in [4.78, 5) is 2.27. The standard InChI is InChI=1S/C10H17N3O/c1-2-13-7-9(5-11-13)6-12-4-3-10(14)8-12/h5,7,10,14H,2-4,6,8H2,1H3/t10-/m0/s1. The molecule has 78 valence electrons. The second-order valence-electron chi connectivity index (χ2n) is 3.88. The number of aliphatic hydroxyl groups excluding tert-OH is 1. The molecule has 0 spiro atoms. The molecule has 0 saturated carbocycles. The summed E-state index contributed by atoms with van der Waals surface area (Å²) in [7, 11) is 0. The largest absolute Gasteiger partial charge is 0.392 e. The number of hydrogen-bond acceptors (Lipinski definition) is 3. The van der Waals surface area contributed by atoms with Crippen molar-refractivity contribution in [2.45, 2.75) is 32.5 Å². The van der Waals surface area contributed by atoms with Gasteiger partial charge in [0.2, 0.25) is 0 Å². The number of hydrogen-bond donors (Lipinski definition) is 1. The Hall–Kier alpha value is -0.870. The molecule has 1 aromatic rings. The van der Waals surface area contributed by atoms with Crippen molar-refractivity contribution in [3.63, 3.8) is 0 Å². The summed E-state index contributed by atoms with van der Waals surface area (Å²) >= 11 is 0. The van der Waals surface area contributed by atoms with Crippen LogP contribution in [0.15, 0.2) is 12.4 Å². The van der Waals surface area contributed by atoms with Crippen LogP contribution in [0.25, 0.3) is 0 Å². The van der Waals surface area contributed by atoms with E-state index in [1.807, 2.05) is 10.9 Å². The molecule has 1 fully saturated rings. The maximum atomic E-state index is 9.37. The van der Waals surface area contributed by atoms with Crippen molar-refractivity contribution in [3.8, 4) is 0 Å². The minimum atomic E-state index is -0.128. The minimum Gasteiger partial charge on any atom is -0.392 e. The molecule has 0 aromatic carbocycles. The number of β-amino-alcohol motifs (C(OH)–C–C–N with tert-alkyl or cyclic N) is 1. The Morgan fingerprint density at radius 2 is 2.50 bits per heavy atom. The summed E-state index contributed by atoms with van der Waals surface area (Å²) in [5.41, 5.74) is 1.24. The van der Waals surface area contributed by atoms with Crippen molar-refractivity contribution >= 4 is 0 Å². The van der Waals surface area contributed by atoms with E-state index in [0.717, 1.165) is 32.6 Å². The van der Waals surface area contributed by atoms with Gasteiger partial charge in [-0.15, -0.1) is 0 Å². The number of likely N-dealkylation sites (tertiary alicyclic amines) is 1. The van der Waals surface area contributed by atoms with Gasteiger partial charge in [-0.1, -0.05) is 0 Å². The van der Waals surface area contributed by atoms with Crippen LogP contribution in [-0.2, 0) is 13.1 Å². The lowest BCUT2D eigenvalue weighted by Crippen LogP contribution is -2.21. The van der Waals surface area contributed by atoms with E-state index in [4.69, 9.17) is 0 Å². The van der Waals surface area contributed by atoms with E-state index in [1.54, 1.807) is 0 Å². The van der Waals surface area contributed by atoms with Crippen LogP contribution in [0.2, 0.25) is 0 Å². The lowest BCUT2D eigenvalue weighted by atomic mass is 10.3. The van der Waals surface area contributed by atoms with Crippen LogP contribution >= 0.6 is 0 Å². The molecule has 4 nitrogen and oxygen atoms in total. The van der Waals surface area contributed by atoms with Crippen LogP contribution in [0.3, 0.4) is 0 Å². The first kappa shape index (κ1) is 9.68. The molecule has 4 heteroatoms. The Balaban J connectivity index is 1.90. The quantitative estimate of drug-likeness (QED) is 0.762. The Morgan fingerprint density at radius 1 is 1.64 bits per heavy atom. The van der Waals surface area contributed by atoms with Crippen molar-refractivity contribution in [2.75, 3.05) is 13.1 Å². The number of aliphatic hydroxyl groups is 1. The molecular formula is C10H17N3O. The molecule has 0 amide bonds. The monoisotopic (exact) mass is 195 g/mol. The Labute approximate surface area is 84.1 Å². The lowest BCUT2D eigenvalue weighted by molar-refractivity contribution is 0.175. The molecule has 2 rings (SSSR count). The molecule has 1 aliphatic rings. The third kappa shape index (κ3) is 2.13. The van der Waals surface area contributed by atoms with E-state index < -0.39 is 0 Å². The summed E-state index contributed by atoms with van der Waals surface area (Å²) < 4.78 is 1.93. The molecule has 0 bridgehead atoms. The van der Waals surface area contributed by atoms with Crippen LogP contribution in [0.5, 0.6) is 0 Å². The Kier molecular flexibility index (Phi) is 2.84. The van der Waals surface area contributed by atoms with Crippen molar-refractivity contribution in [3.05, 3.63) is 18.0 Å². The number of nitrogens with zero attached hydrogens (tertiary/aromatic N) is 3. The molecular weight excluding hydrogens is 178 g/mol. The number of aryl methyl sites for hydroxylation is 1. The predicted molar refractivity (Wildman–Crippen MR) is 53.8 cm³/mol. The number of aromatic nitrogens is 2. The fourth-order valence-electron chi connectivity index (χ4n) is 1.88. The van der Waals surface area contributed by atoms with Gasteiger partial charge in [-0.2, -0.15) is 5.10 Å². The zero-order valence-electron chi connectivity index (χ0n) is 8.56. The fraction of sp³-hybridized carbons (Fsp3) is 0.700. The number of rotatable bonds is 3. The molecule has 1 aliphatic heterocycles. The highest BCUT2D eigenvalue weighted by atomic mass is 16.3. The normalized spacial score (nSPS) is 23.1. The summed E-state index contributed by atoms with van der Waals surface area (Å²) in [6, 6.07) is 0. The van der Waals surface area contributed by atoms with E-state index in [9.17, 15) is 5.11 Å². The highest BCUT2D eigenvalue weighted by Gasteiger charge is 2.20. The van der Waals surface area contributed by atoms with Crippen LogP contribution in [-0.4, -0.2) is 39.0 Å². The average Bonchev–Trinajstić information content (AvgIpc) is 2.76. The van der Waals surface area contributed by atoms with E-state index in [2.05, 4.69) is 23.1 Å². The molecule has 14 heavy (non-hydrogen) atoms. The van der Waals surface area contributed by atoms with Gasteiger partial charge in [0.15, 0.2) is 0 Å². The van der Waals surface area contributed by atoms with E-state index in [-0.39, 0.29) is 6.10 Å². The molecule has 0 aliphatic carbocycles. The highest BCUT2D eigenvalue weighted by Crippen LogP contribution is 2.12. The molecule has 2 heterocycles. The maximum absolute atomic E-state index is 9.37. The van der Waals surface area contributed by atoms with E-state index in [0.29, 0.717) is 0 Å². The zero-order chi connectivity index (χ0) is 9.97. The van der Waals surface area contributed by atoms with Gasteiger partial charge >= 0.3 is 0 Å². The maximum Gasteiger partial charge on any atom is 0.0679 e. The van der Waals surface area contributed by atoms with Gasteiger partial charge in [0.25, 0.3) is 0 Å². The second-order valence-corrected chi connectivity index (χ2v) is 3.88. The van der Waals surface area contributed by atoms with Crippen LogP contribution in [0.4, 0.5) is 0 Å². The predicted octanol–water partition coefficient (Wildman–Crippen LogP) is 0.470. The molecule has 1 N–H and O–H groups in total. The molecule has 1 saturated heterocycles. The lowest BCUT2D eigenvalue weighted by Gasteiger charge is -2.12. The smallest absolute Gasteiger partial charge is 0.0679 e. The highest BCUT2D eigenvalue weighted by molar-refractivity contribution is 5.04. The summed E-state index contributed by atoms with van der Waals surface area (Å²) in [5, 5.41) is 13.6. The van der Waals surface area contributed by atoms with Gasteiger partial charge in [-0.25, -0.2) is 0 Å². The average molecular weight is 195 g/mol. The molecule has 1 aromatic heterocycles. The van der Waals surface area contributed by atoms with Crippen molar-refractivity contribution < 1.29 is 5.11 Å². The van der Waals surface area contributed by atoms with Crippen LogP contribution in [0, 0.1) is 0 Å². The summed E-state index contributed by atoms with van der Waals surface area (Å²) in [5.74, 6) is 0. The SMILES string of the molecule is CCn1cc(CN2CC[C@H](O)C2)cn1. The van der Waals surface area contributed by atoms with Crippen molar-refractivity contribution in [2.24, 2.45) is 0 Å². The fourth-order valence-corrected chi connectivity index (χ4v) is 1.88. The second kappa shape index (κ2) is 4.11. The van der Waals surface area contributed by atoms with E-state index >= 15 is 0 Å². The van der Waals surface area contributed by atoms with Gasteiger partial charge in [0, 0.05) is 37.9 Å². The van der Waals surface area contributed by atoms with Crippen molar-refractivity contribution in [1.82, 2.24) is 14.7 Å². The third-order valence-electron chi connectivity index (χ3n) is 2.66. The summed E-state index contributed by atoms with van der Waals surface area (Å²) in [6.07, 6.45) is 4.76. The van der Waals surface area contributed by atoms with Crippen LogP contribution in [0.1, 0.15) is 18.9 Å². The van der Waals surface area contributed by atoms with E-state index in [1.165, 1.54) is 5.56 Å². The first-order chi connectivity index (χ1) is 6.78. The molecule has 0 unspecified atom stereocenters. The Morgan fingerprint density at radius 3 is 3.07 bits per heavy atom. The first-order valence-corrected chi connectivity index (χ1v) is 5.19. The topological polar surface area (TPSA) is 41.3 Å². The van der Waals surface area contributed by atoms with Gasteiger partial charge in [-0.3, -0.25) is 9.58 Å². The van der Waals surface area contributed by atoms with Gasteiger partial charge < -0.3 is 5.11 Å². The molecule has 1 atom stereocenters. The molecule has 0 radical (unpaired) electrons. The zero-order valence-corrected chi connectivity index (χ0v) is 8.56. The third-order valence-corrected chi connectivity index (χ3v) is 2.66. The summed E-state index contributed by atoms with van der Waals surface area (Å²) in [6.45, 7) is 5.71. The Bertz CT molecular complexity index is 297. The van der Waals surface area contributed by atoms with Gasteiger partial charge in [0.05, 0.1) is 12.3 Å². The minimum absolute atomic E-state index is 0.128. The first-order valence-electron chi connectivity index (χ1n) is 5.19. The van der Waals surface area contributed by atoms with Gasteiger partial charge in [-0.05, 0) is 13.3 Å².